The van der Waals surface area contributed by atoms with E-state index in [0.29, 0.717) is 49.4 Å². The fourth-order valence-electron chi connectivity index (χ4n) is 7.21. The van der Waals surface area contributed by atoms with Gasteiger partial charge in [0.1, 0.15) is 17.2 Å². The number of anilines is 1. The third-order valence-electron chi connectivity index (χ3n) is 9.88. The zero-order chi connectivity index (χ0) is 32.5. The molecule has 12 heteroatoms. The number of halogens is 2. The van der Waals surface area contributed by atoms with Crippen LogP contribution < -0.4 is 20.1 Å². The molecule has 9 nitrogen and oxygen atoms in total. The first-order valence-corrected chi connectivity index (χ1v) is 15.8. The second kappa shape index (κ2) is 13.0. The van der Waals surface area contributed by atoms with E-state index in [2.05, 4.69) is 17.6 Å². The van der Waals surface area contributed by atoms with Gasteiger partial charge in [-0.25, -0.2) is 13.8 Å². The Morgan fingerprint density at radius 2 is 1.82 bits per heavy atom. The van der Waals surface area contributed by atoms with E-state index >= 15 is 0 Å². The highest BCUT2D eigenvalue weighted by Crippen LogP contribution is 2.62. The Kier molecular flexibility index (Phi) is 9.48. The molecular formula is C33H39F2N3O6S. The summed E-state index contributed by atoms with van der Waals surface area (Å²) in [6.07, 6.45) is 1.47. The summed E-state index contributed by atoms with van der Waals surface area (Å²) < 4.78 is 39.3. The van der Waals surface area contributed by atoms with E-state index in [1.165, 1.54) is 17.4 Å². The predicted octanol–water partition coefficient (Wildman–Crippen LogP) is 4.86. The highest BCUT2D eigenvalue weighted by Gasteiger charge is 2.59. The molecule has 1 saturated carbocycles. The fraction of sp³-hybridized carbons (Fsp3) is 0.485. The van der Waals surface area contributed by atoms with Gasteiger partial charge in [0, 0.05) is 29.2 Å². The Balaban J connectivity index is 1.39. The van der Waals surface area contributed by atoms with Crippen molar-refractivity contribution in [3.8, 4) is 11.5 Å². The summed E-state index contributed by atoms with van der Waals surface area (Å²) in [4.78, 5) is 31.9. The second-order valence-electron chi connectivity index (χ2n) is 12.4. The number of methoxy groups -OCH3 is 2. The van der Waals surface area contributed by atoms with E-state index in [1.54, 1.807) is 14.2 Å². The minimum atomic E-state index is -0.984. The Hall–Kier alpha value is -3.61. The number of ether oxygens (including phenoxy) is 2. The van der Waals surface area contributed by atoms with Gasteiger partial charge in [-0.05, 0) is 66.8 Å². The SMILES string of the molecule is COc1ccc(CCNC(=O)CC2c3nc(NC(=O)c4c(F)cccc4F)sc3CC3C(C)(CO)C(O)CCC23C)cc1OC. The van der Waals surface area contributed by atoms with Gasteiger partial charge in [0.15, 0.2) is 16.6 Å². The maximum absolute atomic E-state index is 14.3. The van der Waals surface area contributed by atoms with E-state index < -0.39 is 46.0 Å². The third kappa shape index (κ3) is 6.15. The van der Waals surface area contributed by atoms with E-state index in [1.807, 2.05) is 25.1 Å². The molecule has 242 valence electrons. The molecular weight excluding hydrogens is 604 g/mol. The molecule has 1 fully saturated rings. The van der Waals surface area contributed by atoms with Gasteiger partial charge in [0.2, 0.25) is 5.91 Å². The fourth-order valence-corrected chi connectivity index (χ4v) is 8.28. The first-order chi connectivity index (χ1) is 21.4. The zero-order valence-corrected chi connectivity index (χ0v) is 26.6. The van der Waals surface area contributed by atoms with Crippen molar-refractivity contribution >= 4 is 28.3 Å². The average molecular weight is 644 g/mol. The molecule has 5 rings (SSSR count). The summed E-state index contributed by atoms with van der Waals surface area (Å²) in [6.45, 7) is 4.10. The van der Waals surface area contributed by atoms with Crippen molar-refractivity contribution in [1.82, 2.24) is 10.3 Å². The highest BCUT2D eigenvalue weighted by molar-refractivity contribution is 7.15. The molecule has 0 saturated heterocycles. The van der Waals surface area contributed by atoms with Crippen LogP contribution in [0.25, 0.3) is 0 Å². The predicted molar refractivity (Wildman–Crippen MR) is 166 cm³/mol. The molecule has 5 unspecified atom stereocenters. The van der Waals surface area contributed by atoms with Crippen LogP contribution in [0.2, 0.25) is 0 Å². The Labute approximate surface area is 265 Å². The summed E-state index contributed by atoms with van der Waals surface area (Å²) >= 11 is 1.18. The number of rotatable bonds is 10. The van der Waals surface area contributed by atoms with Crippen LogP contribution in [0.4, 0.5) is 13.9 Å². The summed E-state index contributed by atoms with van der Waals surface area (Å²) in [5.41, 5.74) is -0.415. The molecule has 0 bridgehead atoms. The number of amides is 2. The number of aliphatic hydroxyl groups is 2. The van der Waals surface area contributed by atoms with Crippen LogP contribution >= 0.6 is 11.3 Å². The molecule has 2 aliphatic rings. The van der Waals surface area contributed by atoms with Crippen molar-refractivity contribution in [1.29, 1.82) is 0 Å². The number of nitrogens with zero attached hydrogens (tertiary/aromatic N) is 1. The topological polar surface area (TPSA) is 130 Å². The van der Waals surface area contributed by atoms with Crippen LogP contribution in [0.1, 0.15) is 65.5 Å². The molecule has 45 heavy (non-hydrogen) atoms. The summed E-state index contributed by atoms with van der Waals surface area (Å²) in [5, 5.41) is 27.2. The minimum Gasteiger partial charge on any atom is -0.493 e. The van der Waals surface area contributed by atoms with Crippen LogP contribution in [-0.2, 0) is 17.6 Å². The van der Waals surface area contributed by atoms with Crippen LogP contribution in [0.3, 0.4) is 0 Å². The number of aliphatic hydroxyl groups excluding tert-OH is 2. The molecule has 3 aromatic rings. The first-order valence-electron chi connectivity index (χ1n) is 15.0. The molecule has 4 N–H and O–H groups in total. The van der Waals surface area contributed by atoms with E-state index in [-0.39, 0.29) is 30.0 Å². The van der Waals surface area contributed by atoms with Crippen molar-refractivity contribution in [2.45, 2.75) is 58.0 Å². The molecule has 2 aliphatic carbocycles. The van der Waals surface area contributed by atoms with Crippen molar-refractivity contribution in [2.75, 3.05) is 32.7 Å². The number of hydrogen-bond acceptors (Lipinski definition) is 8. The molecule has 2 aromatic carbocycles. The number of nitrogens with one attached hydrogen (secondary N) is 2. The van der Waals surface area contributed by atoms with Crippen LogP contribution in [-0.4, -0.2) is 60.5 Å². The largest absolute Gasteiger partial charge is 0.493 e. The van der Waals surface area contributed by atoms with Gasteiger partial charge < -0.3 is 25.0 Å². The lowest BCUT2D eigenvalue weighted by Gasteiger charge is -2.58. The van der Waals surface area contributed by atoms with Gasteiger partial charge in [0.25, 0.3) is 5.91 Å². The molecule has 0 spiro atoms. The maximum Gasteiger partial charge on any atom is 0.263 e. The Morgan fingerprint density at radius 1 is 1.11 bits per heavy atom. The lowest BCUT2D eigenvalue weighted by Crippen LogP contribution is -2.57. The van der Waals surface area contributed by atoms with Crippen molar-refractivity contribution in [2.24, 2.45) is 16.7 Å². The monoisotopic (exact) mass is 643 g/mol. The Morgan fingerprint density at radius 3 is 2.49 bits per heavy atom. The van der Waals surface area contributed by atoms with Gasteiger partial charge in [-0.1, -0.05) is 26.0 Å². The molecule has 0 radical (unpaired) electrons. The Bertz CT molecular complexity index is 1560. The lowest BCUT2D eigenvalue weighted by molar-refractivity contribution is -0.144. The minimum absolute atomic E-state index is 0.0998. The van der Waals surface area contributed by atoms with E-state index in [0.717, 1.165) is 22.6 Å². The number of thiazole rings is 1. The average Bonchev–Trinajstić information content (AvgIpc) is 3.41. The molecule has 5 atom stereocenters. The highest BCUT2D eigenvalue weighted by atomic mass is 32.1. The van der Waals surface area contributed by atoms with Gasteiger partial charge in [-0.3, -0.25) is 14.9 Å². The smallest absolute Gasteiger partial charge is 0.263 e. The third-order valence-corrected chi connectivity index (χ3v) is 10.9. The number of hydrogen-bond donors (Lipinski definition) is 4. The number of fused-ring (bicyclic) bond motifs is 2. The number of benzene rings is 2. The molecule has 1 aromatic heterocycles. The normalized spacial score (nSPS) is 25.6. The zero-order valence-electron chi connectivity index (χ0n) is 25.8. The van der Waals surface area contributed by atoms with Crippen LogP contribution in [0.15, 0.2) is 36.4 Å². The molecule has 1 heterocycles. The summed E-state index contributed by atoms with van der Waals surface area (Å²) in [6, 6.07) is 8.80. The molecule has 2 amide bonds. The standard InChI is InChI=1S/C33H39F2N3O6S/c1-32-12-10-26(40)33(2,17-39)25(32)16-24-29(37-31(45-24)38-30(42)28-20(34)6-5-7-21(28)35)19(32)15-27(41)36-13-11-18-8-9-22(43-3)23(14-18)44-4/h5-9,14,19,25-26,39-40H,10-13,15-17H2,1-4H3,(H,36,41)(H,37,38,42). The van der Waals surface area contributed by atoms with Crippen molar-refractivity contribution in [3.63, 3.8) is 0 Å². The van der Waals surface area contributed by atoms with E-state index in [9.17, 15) is 28.6 Å². The number of carbonyl (C=O) groups is 2. The second-order valence-corrected chi connectivity index (χ2v) is 13.5. The lowest BCUT2D eigenvalue weighted by atomic mass is 9.47. The van der Waals surface area contributed by atoms with Crippen LogP contribution in [0.5, 0.6) is 11.5 Å². The molecule has 0 aliphatic heterocycles. The van der Waals surface area contributed by atoms with Crippen LogP contribution in [0, 0.1) is 28.4 Å². The van der Waals surface area contributed by atoms with Gasteiger partial charge in [0.05, 0.1) is 32.6 Å². The van der Waals surface area contributed by atoms with Gasteiger partial charge in [-0.15, -0.1) is 11.3 Å². The van der Waals surface area contributed by atoms with Crippen molar-refractivity contribution in [3.05, 3.63) is 69.7 Å². The quantitative estimate of drug-likeness (QED) is 0.249. The maximum atomic E-state index is 14.3. The first kappa shape index (κ1) is 32.8. The van der Waals surface area contributed by atoms with Gasteiger partial charge in [-0.2, -0.15) is 0 Å². The summed E-state index contributed by atoms with van der Waals surface area (Å²) in [5.74, 6) is -2.47. The van der Waals surface area contributed by atoms with Crippen molar-refractivity contribution < 1.29 is 38.1 Å². The number of carbonyl (C=O) groups excluding carboxylic acids is 2. The van der Waals surface area contributed by atoms with Gasteiger partial charge >= 0.3 is 0 Å². The summed E-state index contributed by atoms with van der Waals surface area (Å²) in [7, 11) is 3.13. The number of aromatic nitrogens is 1. The van der Waals surface area contributed by atoms with E-state index in [4.69, 9.17) is 14.5 Å².